The summed E-state index contributed by atoms with van der Waals surface area (Å²) in [4.78, 5) is 0. The SMILES string of the molecule is N=C(N)S.NN. The van der Waals surface area contributed by atoms with Crippen molar-refractivity contribution in [3.05, 3.63) is 0 Å². The monoisotopic (exact) mass is 108 g/mol. The molecule has 0 saturated carbocycles. The summed E-state index contributed by atoms with van der Waals surface area (Å²) < 4.78 is 0. The number of hydrogen-bond acceptors (Lipinski definition) is 3. The summed E-state index contributed by atoms with van der Waals surface area (Å²) in [5.41, 5.74) is 4.56. The maximum absolute atomic E-state index is 6.14. The van der Waals surface area contributed by atoms with E-state index in [1.807, 2.05) is 0 Å². The molecule has 0 aromatic heterocycles. The molecular weight excluding hydrogens is 100 g/mol. The molecule has 0 aromatic rings. The van der Waals surface area contributed by atoms with Crippen LogP contribution < -0.4 is 17.4 Å². The van der Waals surface area contributed by atoms with Crippen LogP contribution in [0.3, 0.4) is 0 Å². The van der Waals surface area contributed by atoms with Gasteiger partial charge in [0.1, 0.15) is 5.17 Å². The van der Waals surface area contributed by atoms with Gasteiger partial charge in [-0.15, -0.1) is 12.6 Å². The minimum atomic E-state index is -0.139. The molecule has 0 amide bonds. The summed E-state index contributed by atoms with van der Waals surface area (Å²) in [6.07, 6.45) is 0. The molecule has 0 rings (SSSR count). The Hall–Kier alpha value is -0.260. The van der Waals surface area contributed by atoms with E-state index in [4.69, 9.17) is 5.41 Å². The molecule has 0 aliphatic rings. The first-order valence-corrected chi connectivity index (χ1v) is 1.54. The van der Waals surface area contributed by atoms with Gasteiger partial charge >= 0.3 is 0 Å². The summed E-state index contributed by atoms with van der Waals surface area (Å²) in [7, 11) is 0. The molecule has 0 aliphatic heterocycles. The van der Waals surface area contributed by atoms with Gasteiger partial charge in [-0.05, 0) is 0 Å². The number of nitrogens with two attached hydrogens (primary N) is 3. The Morgan fingerprint density at radius 2 is 1.50 bits per heavy atom. The van der Waals surface area contributed by atoms with Gasteiger partial charge in [0, 0.05) is 0 Å². The molecular formula is CH8N4S. The third-order valence-electron chi connectivity index (χ3n) is 0. The van der Waals surface area contributed by atoms with Gasteiger partial charge in [-0.25, -0.2) is 0 Å². The lowest BCUT2D eigenvalue weighted by Gasteiger charge is -1.65. The van der Waals surface area contributed by atoms with Crippen LogP contribution in [0.2, 0.25) is 0 Å². The van der Waals surface area contributed by atoms with E-state index in [9.17, 15) is 0 Å². The third-order valence-corrected chi connectivity index (χ3v) is 0. The number of thiol groups is 1. The minimum absolute atomic E-state index is 0.139. The van der Waals surface area contributed by atoms with Gasteiger partial charge in [-0.2, -0.15) is 0 Å². The number of hydrogen-bond donors (Lipinski definition) is 5. The van der Waals surface area contributed by atoms with Gasteiger partial charge in [0.2, 0.25) is 0 Å². The van der Waals surface area contributed by atoms with Crippen LogP contribution in [0, 0.1) is 5.41 Å². The van der Waals surface area contributed by atoms with Crippen molar-refractivity contribution in [1.82, 2.24) is 0 Å². The Morgan fingerprint density at radius 1 is 1.50 bits per heavy atom. The molecule has 0 unspecified atom stereocenters. The standard InChI is InChI=1S/CH4N2S.H4N2/c2-1(3)4;1-2/h(H4,2,3,4);1-2H2. The van der Waals surface area contributed by atoms with Crippen molar-refractivity contribution in [2.45, 2.75) is 0 Å². The van der Waals surface area contributed by atoms with Crippen LogP contribution in [0.5, 0.6) is 0 Å². The van der Waals surface area contributed by atoms with E-state index in [0.717, 1.165) is 0 Å². The van der Waals surface area contributed by atoms with Crippen molar-refractivity contribution in [2.24, 2.45) is 17.4 Å². The van der Waals surface area contributed by atoms with E-state index in [1.54, 1.807) is 0 Å². The molecule has 0 heterocycles. The Labute approximate surface area is 41.6 Å². The van der Waals surface area contributed by atoms with Crippen LogP contribution in [0.4, 0.5) is 0 Å². The highest BCUT2D eigenvalue weighted by atomic mass is 32.1. The second-order valence-electron chi connectivity index (χ2n) is 0.385. The van der Waals surface area contributed by atoms with E-state index in [-0.39, 0.29) is 5.17 Å². The molecule has 0 aliphatic carbocycles. The zero-order valence-electron chi connectivity index (χ0n) is 3.18. The molecule has 4 nitrogen and oxygen atoms in total. The summed E-state index contributed by atoms with van der Waals surface area (Å²) in [5, 5.41) is 6.00. The highest BCUT2D eigenvalue weighted by molar-refractivity contribution is 7.96. The van der Waals surface area contributed by atoms with Gasteiger partial charge in [-0.3, -0.25) is 17.1 Å². The van der Waals surface area contributed by atoms with Gasteiger partial charge in [0.25, 0.3) is 0 Å². The predicted molar refractivity (Wildman–Crippen MR) is 29.3 cm³/mol. The van der Waals surface area contributed by atoms with Crippen LogP contribution in [-0.2, 0) is 0 Å². The first-order valence-electron chi connectivity index (χ1n) is 1.10. The first kappa shape index (κ1) is 9.22. The van der Waals surface area contributed by atoms with Crippen LogP contribution in [0.15, 0.2) is 0 Å². The third kappa shape index (κ3) is 415. The topological polar surface area (TPSA) is 102 Å². The molecule has 5 heteroatoms. The molecule has 0 aromatic carbocycles. The highest BCUT2D eigenvalue weighted by Gasteiger charge is 1.55. The lowest BCUT2D eigenvalue weighted by atomic mass is 11.4. The van der Waals surface area contributed by atoms with Gasteiger partial charge < -0.3 is 5.73 Å². The minimum Gasteiger partial charge on any atom is -0.379 e. The van der Waals surface area contributed by atoms with E-state index in [2.05, 4.69) is 30.0 Å². The molecule has 6 heavy (non-hydrogen) atoms. The Bertz CT molecular complexity index is 30.5. The lowest BCUT2D eigenvalue weighted by molar-refractivity contribution is 1.26. The predicted octanol–water partition coefficient (Wildman–Crippen LogP) is -1.37. The maximum Gasteiger partial charge on any atom is 0.147 e. The molecule has 0 fully saturated rings. The quantitative estimate of drug-likeness (QED) is 0.0869. The average Bonchev–Trinajstić information content (AvgIpc) is 1.41. The number of amidine groups is 1. The Kier molecular flexibility index (Phi) is 13.6. The van der Waals surface area contributed by atoms with Crippen LogP contribution in [0.25, 0.3) is 0 Å². The van der Waals surface area contributed by atoms with E-state index in [1.165, 1.54) is 0 Å². The Balaban J connectivity index is 0. The van der Waals surface area contributed by atoms with E-state index in [0.29, 0.717) is 0 Å². The zero-order valence-corrected chi connectivity index (χ0v) is 4.07. The molecule has 0 atom stereocenters. The fraction of sp³-hybridized carbons (Fsp3) is 0. The molecule has 0 spiro atoms. The molecule has 0 saturated heterocycles. The van der Waals surface area contributed by atoms with E-state index < -0.39 is 0 Å². The van der Waals surface area contributed by atoms with Gasteiger partial charge in [-0.1, -0.05) is 0 Å². The summed E-state index contributed by atoms with van der Waals surface area (Å²) in [6, 6.07) is 0. The maximum atomic E-state index is 6.14. The first-order chi connectivity index (χ1) is 2.73. The van der Waals surface area contributed by atoms with Crippen molar-refractivity contribution in [3.63, 3.8) is 0 Å². The van der Waals surface area contributed by atoms with Crippen LogP contribution in [0.1, 0.15) is 0 Å². The number of nitrogens with one attached hydrogen (secondary N) is 1. The summed E-state index contributed by atoms with van der Waals surface area (Å²) >= 11 is 3.33. The highest BCUT2D eigenvalue weighted by Crippen LogP contribution is 1.56. The van der Waals surface area contributed by atoms with Crippen molar-refractivity contribution in [3.8, 4) is 0 Å². The largest absolute Gasteiger partial charge is 0.379 e. The molecule has 7 N–H and O–H groups in total. The van der Waals surface area contributed by atoms with Gasteiger partial charge in [0.15, 0.2) is 0 Å². The smallest absolute Gasteiger partial charge is 0.147 e. The normalized spacial score (nSPS) is 5.17. The summed E-state index contributed by atoms with van der Waals surface area (Å²) in [6.45, 7) is 0. The second kappa shape index (κ2) is 8.83. The zero-order chi connectivity index (χ0) is 5.58. The molecule has 38 valence electrons. The number of rotatable bonds is 0. The summed E-state index contributed by atoms with van der Waals surface area (Å²) in [5.74, 6) is 8.00. The van der Waals surface area contributed by atoms with Crippen molar-refractivity contribution in [2.75, 3.05) is 0 Å². The van der Waals surface area contributed by atoms with Crippen LogP contribution >= 0.6 is 12.6 Å². The average molecular weight is 108 g/mol. The van der Waals surface area contributed by atoms with E-state index >= 15 is 0 Å². The fourth-order valence-corrected chi connectivity index (χ4v) is 0. The number of hydrazine groups is 1. The molecule has 0 radical (unpaired) electrons. The fourth-order valence-electron chi connectivity index (χ4n) is 0. The van der Waals surface area contributed by atoms with Crippen molar-refractivity contribution in [1.29, 1.82) is 5.41 Å². The van der Waals surface area contributed by atoms with Crippen LogP contribution in [-0.4, -0.2) is 5.17 Å². The van der Waals surface area contributed by atoms with Crippen molar-refractivity contribution < 1.29 is 0 Å². The van der Waals surface area contributed by atoms with Crippen molar-refractivity contribution >= 4 is 17.8 Å². The van der Waals surface area contributed by atoms with Gasteiger partial charge in [0.05, 0.1) is 0 Å². The second-order valence-corrected chi connectivity index (χ2v) is 0.867. The lowest BCUT2D eigenvalue weighted by Crippen LogP contribution is -2.02. The molecule has 0 bridgehead atoms. The Morgan fingerprint density at radius 3 is 1.50 bits per heavy atom.